The number of thiazole rings is 2. The minimum absolute atomic E-state index is 0.901. The van der Waals surface area contributed by atoms with Gasteiger partial charge in [-0.15, -0.1) is 22.7 Å². The van der Waals surface area contributed by atoms with Crippen molar-refractivity contribution in [2.24, 2.45) is 0 Å². The summed E-state index contributed by atoms with van der Waals surface area (Å²) in [6, 6.07) is 3.97. The third-order valence-corrected chi connectivity index (χ3v) is 4.92. The van der Waals surface area contributed by atoms with E-state index in [0.717, 1.165) is 38.4 Å². The van der Waals surface area contributed by atoms with Gasteiger partial charge in [-0.2, -0.15) is 0 Å². The molecule has 4 nitrogen and oxygen atoms in total. The summed E-state index contributed by atoms with van der Waals surface area (Å²) >= 11 is 3.29. The molecule has 0 aliphatic rings. The van der Waals surface area contributed by atoms with Gasteiger partial charge >= 0.3 is 0 Å². The van der Waals surface area contributed by atoms with E-state index in [2.05, 4.69) is 27.6 Å². The van der Waals surface area contributed by atoms with Crippen LogP contribution in [0.4, 0.5) is 5.13 Å². The van der Waals surface area contributed by atoms with Crippen molar-refractivity contribution in [1.82, 2.24) is 15.0 Å². The van der Waals surface area contributed by atoms with Crippen molar-refractivity contribution in [2.45, 2.75) is 13.3 Å². The van der Waals surface area contributed by atoms with E-state index < -0.39 is 0 Å². The Bertz CT molecular complexity index is 703. The molecule has 3 rings (SSSR count). The lowest BCUT2D eigenvalue weighted by Gasteiger charge is -1.94. The minimum Gasteiger partial charge on any atom is -0.365 e. The van der Waals surface area contributed by atoms with E-state index in [4.69, 9.17) is 4.98 Å². The SMILES string of the molecule is CCc1nc(-c2cccnc2)sc1-c1csc(NC)n1. The van der Waals surface area contributed by atoms with E-state index in [1.54, 1.807) is 28.9 Å². The molecule has 6 heteroatoms. The average molecular weight is 302 g/mol. The summed E-state index contributed by atoms with van der Waals surface area (Å²) in [4.78, 5) is 14.6. The maximum atomic E-state index is 4.73. The molecule has 0 amide bonds. The minimum atomic E-state index is 0.901. The molecule has 0 aromatic carbocycles. The molecular formula is C14H14N4S2. The van der Waals surface area contributed by atoms with Crippen LogP contribution in [-0.4, -0.2) is 22.0 Å². The van der Waals surface area contributed by atoms with Crippen LogP contribution in [0.2, 0.25) is 0 Å². The molecule has 0 bridgehead atoms. The lowest BCUT2D eigenvalue weighted by atomic mass is 10.2. The predicted octanol–water partition coefficient (Wildman–Crippen LogP) is 3.93. The number of nitrogens with zero attached hydrogens (tertiary/aromatic N) is 3. The zero-order valence-electron chi connectivity index (χ0n) is 11.3. The Hall–Kier alpha value is -1.79. The monoisotopic (exact) mass is 302 g/mol. The molecule has 1 N–H and O–H groups in total. The summed E-state index contributed by atoms with van der Waals surface area (Å²) in [5, 5.41) is 7.08. The first-order valence-electron chi connectivity index (χ1n) is 6.35. The number of aryl methyl sites for hydroxylation is 1. The average Bonchev–Trinajstić information content (AvgIpc) is 3.14. The first kappa shape index (κ1) is 13.2. The van der Waals surface area contributed by atoms with Gasteiger partial charge in [0.2, 0.25) is 0 Å². The quantitative estimate of drug-likeness (QED) is 0.793. The van der Waals surface area contributed by atoms with Crippen LogP contribution < -0.4 is 5.32 Å². The highest BCUT2D eigenvalue weighted by atomic mass is 32.1. The summed E-state index contributed by atoms with van der Waals surface area (Å²) < 4.78 is 0. The lowest BCUT2D eigenvalue weighted by molar-refractivity contribution is 1.06. The predicted molar refractivity (Wildman–Crippen MR) is 85.4 cm³/mol. The second-order valence-corrected chi connectivity index (χ2v) is 6.04. The van der Waals surface area contributed by atoms with Crippen LogP contribution in [0.5, 0.6) is 0 Å². The third-order valence-electron chi connectivity index (χ3n) is 2.89. The van der Waals surface area contributed by atoms with E-state index in [-0.39, 0.29) is 0 Å². The number of nitrogens with one attached hydrogen (secondary N) is 1. The lowest BCUT2D eigenvalue weighted by Crippen LogP contribution is -1.87. The molecule has 0 spiro atoms. The van der Waals surface area contributed by atoms with E-state index in [9.17, 15) is 0 Å². The van der Waals surface area contributed by atoms with Gasteiger partial charge in [0, 0.05) is 30.4 Å². The molecule has 20 heavy (non-hydrogen) atoms. The Kier molecular flexibility index (Phi) is 3.75. The number of hydrogen-bond donors (Lipinski definition) is 1. The first-order valence-corrected chi connectivity index (χ1v) is 8.05. The molecule has 0 radical (unpaired) electrons. The van der Waals surface area contributed by atoms with Crippen LogP contribution >= 0.6 is 22.7 Å². The molecular weight excluding hydrogens is 288 g/mol. The van der Waals surface area contributed by atoms with Gasteiger partial charge < -0.3 is 5.32 Å². The molecule has 0 saturated carbocycles. The van der Waals surface area contributed by atoms with Gasteiger partial charge in [0.25, 0.3) is 0 Å². The summed E-state index contributed by atoms with van der Waals surface area (Å²) in [5.41, 5.74) is 3.16. The van der Waals surface area contributed by atoms with E-state index in [1.165, 1.54) is 0 Å². The smallest absolute Gasteiger partial charge is 0.182 e. The van der Waals surface area contributed by atoms with Crippen LogP contribution in [0.3, 0.4) is 0 Å². The maximum Gasteiger partial charge on any atom is 0.182 e. The normalized spacial score (nSPS) is 10.7. The van der Waals surface area contributed by atoms with Crippen molar-refractivity contribution < 1.29 is 0 Å². The zero-order valence-corrected chi connectivity index (χ0v) is 12.9. The Labute approximate surface area is 125 Å². The van der Waals surface area contributed by atoms with Crippen LogP contribution in [0.25, 0.3) is 21.1 Å². The first-order chi connectivity index (χ1) is 9.81. The highest BCUT2D eigenvalue weighted by Gasteiger charge is 2.15. The summed E-state index contributed by atoms with van der Waals surface area (Å²) in [6.45, 7) is 2.12. The molecule has 0 fully saturated rings. The van der Waals surface area contributed by atoms with Crippen molar-refractivity contribution in [2.75, 3.05) is 12.4 Å². The Balaban J connectivity index is 2.05. The van der Waals surface area contributed by atoms with Crippen molar-refractivity contribution in [3.05, 3.63) is 35.6 Å². The van der Waals surface area contributed by atoms with Gasteiger partial charge in [-0.25, -0.2) is 9.97 Å². The number of rotatable bonds is 4. The number of anilines is 1. The highest BCUT2D eigenvalue weighted by molar-refractivity contribution is 7.19. The largest absolute Gasteiger partial charge is 0.365 e. The van der Waals surface area contributed by atoms with Crippen molar-refractivity contribution in [1.29, 1.82) is 0 Å². The van der Waals surface area contributed by atoms with Crippen LogP contribution in [0.1, 0.15) is 12.6 Å². The second-order valence-electron chi connectivity index (χ2n) is 4.18. The van der Waals surface area contributed by atoms with Gasteiger partial charge in [0.05, 0.1) is 16.3 Å². The molecule has 3 aromatic heterocycles. The molecule has 3 heterocycles. The Morgan fingerprint density at radius 3 is 2.85 bits per heavy atom. The number of aromatic nitrogens is 3. The second kappa shape index (κ2) is 5.68. The van der Waals surface area contributed by atoms with E-state index in [1.807, 2.05) is 25.4 Å². The molecule has 0 atom stereocenters. The van der Waals surface area contributed by atoms with E-state index >= 15 is 0 Å². The zero-order chi connectivity index (χ0) is 13.9. The molecule has 0 unspecified atom stereocenters. The van der Waals surface area contributed by atoms with Crippen LogP contribution in [0.15, 0.2) is 29.9 Å². The van der Waals surface area contributed by atoms with Crippen LogP contribution in [-0.2, 0) is 6.42 Å². The molecule has 0 aliphatic heterocycles. The fourth-order valence-corrected chi connectivity index (χ4v) is 3.74. The van der Waals surface area contributed by atoms with Crippen molar-refractivity contribution >= 4 is 27.8 Å². The van der Waals surface area contributed by atoms with Gasteiger partial charge in [0.1, 0.15) is 5.01 Å². The van der Waals surface area contributed by atoms with Gasteiger partial charge in [-0.05, 0) is 18.6 Å². The molecule has 102 valence electrons. The van der Waals surface area contributed by atoms with Gasteiger partial charge in [-0.3, -0.25) is 4.98 Å². The fraction of sp³-hybridized carbons (Fsp3) is 0.214. The van der Waals surface area contributed by atoms with Gasteiger partial charge in [0.15, 0.2) is 5.13 Å². The number of pyridine rings is 1. The summed E-state index contributed by atoms with van der Waals surface area (Å²) in [6.07, 6.45) is 4.53. The maximum absolute atomic E-state index is 4.73. The van der Waals surface area contributed by atoms with Crippen molar-refractivity contribution in [3.63, 3.8) is 0 Å². The Morgan fingerprint density at radius 1 is 1.30 bits per heavy atom. The summed E-state index contributed by atoms with van der Waals surface area (Å²) in [7, 11) is 1.89. The Morgan fingerprint density at radius 2 is 2.20 bits per heavy atom. The fourth-order valence-electron chi connectivity index (χ4n) is 1.90. The molecule has 0 saturated heterocycles. The van der Waals surface area contributed by atoms with E-state index in [0.29, 0.717) is 0 Å². The topological polar surface area (TPSA) is 50.7 Å². The highest BCUT2D eigenvalue weighted by Crippen LogP contribution is 2.36. The number of hydrogen-bond acceptors (Lipinski definition) is 6. The third kappa shape index (κ3) is 2.44. The molecule has 3 aromatic rings. The van der Waals surface area contributed by atoms with Crippen LogP contribution in [0, 0.1) is 0 Å². The summed E-state index contributed by atoms with van der Waals surface area (Å²) in [5.74, 6) is 0. The van der Waals surface area contributed by atoms with Crippen molar-refractivity contribution in [3.8, 4) is 21.1 Å². The standard InChI is InChI=1S/C14H14N4S2/c1-3-10-12(11-8-19-14(15-2)18-11)20-13(17-10)9-5-4-6-16-7-9/h4-8H,3H2,1-2H3,(H,15,18). The van der Waals surface area contributed by atoms with Gasteiger partial charge in [-0.1, -0.05) is 6.92 Å². The molecule has 0 aliphatic carbocycles.